The molecule has 6 nitrogen and oxygen atoms in total. The molecule has 0 saturated heterocycles. The molecule has 0 unspecified atom stereocenters. The van der Waals surface area contributed by atoms with E-state index in [1.54, 1.807) is 0 Å². The van der Waals surface area contributed by atoms with Crippen LogP contribution in [-0.4, -0.2) is 32.8 Å². The van der Waals surface area contributed by atoms with Crippen molar-refractivity contribution in [1.82, 2.24) is 5.32 Å². The van der Waals surface area contributed by atoms with Crippen molar-refractivity contribution in [3.8, 4) is 23.3 Å². The van der Waals surface area contributed by atoms with Gasteiger partial charge in [-0.25, -0.2) is 0 Å². The van der Waals surface area contributed by atoms with E-state index >= 15 is 0 Å². The fourth-order valence-corrected chi connectivity index (χ4v) is 3.28. The highest BCUT2D eigenvalue weighted by Gasteiger charge is 2.24. The lowest BCUT2D eigenvalue weighted by atomic mass is 9.86. The number of ether oxygens (including phenoxy) is 3. The predicted octanol–water partition coefficient (Wildman–Crippen LogP) is 3.91. The van der Waals surface area contributed by atoms with Crippen LogP contribution in [-0.2, 0) is 4.79 Å². The molecule has 1 amide bonds. The number of methoxy groups -OCH3 is 2. The molecule has 1 aliphatic carbocycles. The molecule has 1 fully saturated rings. The van der Waals surface area contributed by atoms with E-state index in [9.17, 15) is 18.8 Å². The number of hydrogen-bond donors (Lipinski definition) is 1. The molecule has 1 N–H and O–H groups in total. The largest absolute Gasteiger partial charge is 0.493 e. The van der Waals surface area contributed by atoms with Crippen LogP contribution in [0.1, 0.15) is 38.2 Å². The van der Waals surface area contributed by atoms with Gasteiger partial charge in [0, 0.05) is 6.04 Å². The number of benzene rings is 1. The quantitative estimate of drug-likeness (QED) is 0.560. The maximum Gasteiger partial charge on any atom is 0.387 e. The summed E-state index contributed by atoms with van der Waals surface area (Å²) < 4.78 is 39.9. The number of carbonyl (C=O) groups excluding carboxylic acids is 1. The first kappa shape index (κ1) is 21.5. The lowest BCUT2D eigenvalue weighted by Crippen LogP contribution is -2.41. The Labute approximate surface area is 163 Å². The summed E-state index contributed by atoms with van der Waals surface area (Å²) in [6.07, 6.45) is 5.46. The summed E-state index contributed by atoms with van der Waals surface area (Å²) in [6, 6.07) is 4.72. The Morgan fingerprint density at radius 3 is 2.36 bits per heavy atom. The first-order valence-electron chi connectivity index (χ1n) is 9.03. The molecule has 152 valence electrons. The molecule has 0 aromatic heterocycles. The molecule has 1 aliphatic rings. The number of nitriles is 1. The third-order valence-electron chi connectivity index (χ3n) is 4.79. The number of alkyl halides is 2. The molecule has 1 saturated carbocycles. The lowest BCUT2D eigenvalue weighted by molar-refractivity contribution is -0.118. The SMILES string of the molecule is COc1cc(/C=C(\C#N)C(=O)N[C@@H]2CCCC[C@H]2C)cc(OC)c1OC(F)F. The summed E-state index contributed by atoms with van der Waals surface area (Å²) in [7, 11) is 2.59. The second kappa shape index (κ2) is 9.93. The maximum absolute atomic E-state index is 12.6. The van der Waals surface area contributed by atoms with Crippen LogP contribution in [0, 0.1) is 17.2 Å². The molecule has 28 heavy (non-hydrogen) atoms. The fourth-order valence-electron chi connectivity index (χ4n) is 3.28. The van der Waals surface area contributed by atoms with E-state index in [1.807, 2.05) is 6.07 Å². The van der Waals surface area contributed by atoms with Crippen molar-refractivity contribution >= 4 is 12.0 Å². The minimum Gasteiger partial charge on any atom is -0.493 e. The predicted molar refractivity (Wildman–Crippen MR) is 99.3 cm³/mol. The van der Waals surface area contributed by atoms with Crippen molar-refractivity contribution < 1.29 is 27.8 Å². The number of nitrogens with one attached hydrogen (secondary N) is 1. The Kier molecular flexibility index (Phi) is 7.61. The van der Waals surface area contributed by atoms with Gasteiger partial charge in [-0.2, -0.15) is 14.0 Å². The Bertz CT molecular complexity index is 749. The van der Waals surface area contributed by atoms with Gasteiger partial charge in [-0.15, -0.1) is 0 Å². The zero-order chi connectivity index (χ0) is 20.7. The van der Waals surface area contributed by atoms with Gasteiger partial charge < -0.3 is 19.5 Å². The van der Waals surface area contributed by atoms with Gasteiger partial charge in [-0.1, -0.05) is 19.8 Å². The van der Waals surface area contributed by atoms with Crippen LogP contribution < -0.4 is 19.5 Å². The highest BCUT2D eigenvalue weighted by molar-refractivity contribution is 6.02. The topological polar surface area (TPSA) is 80.6 Å². The third-order valence-corrected chi connectivity index (χ3v) is 4.79. The number of rotatable bonds is 7. The second-order valence-electron chi connectivity index (χ2n) is 6.64. The van der Waals surface area contributed by atoms with E-state index in [1.165, 1.54) is 32.4 Å². The minimum atomic E-state index is -3.05. The maximum atomic E-state index is 12.6. The van der Waals surface area contributed by atoms with Crippen molar-refractivity contribution in [2.45, 2.75) is 45.3 Å². The van der Waals surface area contributed by atoms with Gasteiger partial charge in [0.25, 0.3) is 5.91 Å². The van der Waals surface area contributed by atoms with Gasteiger partial charge >= 0.3 is 6.61 Å². The summed E-state index contributed by atoms with van der Waals surface area (Å²) in [6.45, 7) is -0.973. The van der Waals surface area contributed by atoms with Crippen LogP contribution >= 0.6 is 0 Å². The van der Waals surface area contributed by atoms with Crippen LogP contribution in [0.5, 0.6) is 17.2 Å². The molecule has 1 aromatic carbocycles. The average molecular weight is 394 g/mol. The molecule has 0 aliphatic heterocycles. The molecule has 0 radical (unpaired) electrons. The molecule has 8 heteroatoms. The van der Waals surface area contributed by atoms with E-state index in [4.69, 9.17) is 9.47 Å². The molecule has 0 bridgehead atoms. The van der Waals surface area contributed by atoms with Crippen LogP contribution in [0.2, 0.25) is 0 Å². The minimum absolute atomic E-state index is 0.00417. The second-order valence-corrected chi connectivity index (χ2v) is 6.64. The number of halogens is 2. The Balaban J connectivity index is 2.30. The van der Waals surface area contributed by atoms with E-state index in [-0.39, 0.29) is 28.9 Å². The van der Waals surface area contributed by atoms with Crippen molar-refractivity contribution in [3.05, 3.63) is 23.3 Å². The van der Waals surface area contributed by atoms with Gasteiger partial charge in [-0.05, 0) is 42.5 Å². The van der Waals surface area contributed by atoms with Crippen LogP contribution in [0.4, 0.5) is 8.78 Å². The average Bonchev–Trinajstić information content (AvgIpc) is 2.67. The monoisotopic (exact) mass is 394 g/mol. The summed E-state index contributed by atoms with van der Waals surface area (Å²) >= 11 is 0. The van der Waals surface area contributed by atoms with Crippen LogP contribution in [0.25, 0.3) is 6.08 Å². The first-order valence-corrected chi connectivity index (χ1v) is 9.03. The van der Waals surface area contributed by atoms with E-state index in [0.717, 1.165) is 25.7 Å². The molecule has 1 aromatic rings. The van der Waals surface area contributed by atoms with Crippen molar-refractivity contribution in [3.63, 3.8) is 0 Å². The number of nitrogens with zero attached hydrogens (tertiary/aromatic N) is 1. The van der Waals surface area contributed by atoms with E-state index in [2.05, 4.69) is 17.0 Å². The lowest BCUT2D eigenvalue weighted by Gasteiger charge is -2.29. The van der Waals surface area contributed by atoms with Crippen LogP contribution in [0.3, 0.4) is 0 Å². The highest BCUT2D eigenvalue weighted by Crippen LogP contribution is 2.40. The zero-order valence-corrected chi connectivity index (χ0v) is 16.1. The molecular weight excluding hydrogens is 370 g/mol. The van der Waals surface area contributed by atoms with Crippen molar-refractivity contribution in [2.75, 3.05) is 14.2 Å². The van der Waals surface area contributed by atoms with Gasteiger partial charge in [-0.3, -0.25) is 4.79 Å². The van der Waals surface area contributed by atoms with Crippen LogP contribution in [0.15, 0.2) is 17.7 Å². The van der Waals surface area contributed by atoms with E-state index < -0.39 is 12.5 Å². The zero-order valence-electron chi connectivity index (χ0n) is 16.1. The number of carbonyl (C=O) groups is 1. The molecule has 0 spiro atoms. The molecule has 2 rings (SSSR count). The fraction of sp³-hybridized carbons (Fsp3) is 0.500. The standard InChI is InChI=1S/C20H24F2N2O4/c1-12-6-4-5-7-15(12)24-19(25)14(11-23)8-13-9-16(26-2)18(28-20(21)22)17(10-13)27-3/h8-10,12,15,20H,4-7H2,1-3H3,(H,24,25)/b14-8+/t12-,15-/m1/s1. The van der Waals surface area contributed by atoms with Gasteiger partial charge in [0.15, 0.2) is 11.5 Å². The number of hydrogen-bond acceptors (Lipinski definition) is 5. The molecule has 2 atom stereocenters. The summed E-state index contributed by atoms with van der Waals surface area (Å²) in [5.74, 6) is -0.360. The Hall–Kier alpha value is -2.82. The smallest absolute Gasteiger partial charge is 0.387 e. The Morgan fingerprint density at radius 1 is 1.25 bits per heavy atom. The van der Waals surface area contributed by atoms with Gasteiger partial charge in [0.2, 0.25) is 5.75 Å². The van der Waals surface area contributed by atoms with E-state index in [0.29, 0.717) is 11.5 Å². The highest BCUT2D eigenvalue weighted by atomic mass is 19.3. The number of amides is 1. The first-order chi connectivity index (χ1) is 13.4. The summed E-state index contributed by atoms with van der Waals surface area (Å²) in [4.78, 5) is 12.5. The van der Waals surface area contributed by atoms with Gasteiger partial charge in [0.05, 0.1) is 14.2 Å². The summed E-state index contributed by atoms with van der Waals surface area (Å²) in [5.41, 5.74) is 0.295. The third kappa shape index (κ3) is 5.35. The van der Waals surface area contributed by atoms with Crippen molar-refractivity contribution in [1.29, 1.82) is 5.26 Å². The Morgan fingerprint density at radius 2 is 1.86 bits per heavy atom. The van der Waals surface area contributed by atoms with Crippen molar-refractivity contribution in [2.24, 2.45) is 5.92 Å². The molecule has 0 heterocycles. The summed E-state index contributed by atoms with van der Waals surface area (Å²) in [5, 5.41) is 12.3. The molecular formula is C20H24F2N2O4. The van der Waals surface area contributed by atoms with Gasteiger partial charge in [0.1, 0.15) is 11.6 Å². The normalized spacial score (nSPS) is 19.7.